The Bertz CT molecular complexity index is 990. The molecule has 3 rings (SSSR count). The number of aliphatic hydroxyl groups excluding tert-OH is 2. The van der Waals surface area contributed by atoms with Gasteiger partial charge in [-0.3, -0.25) is 4.79 Å². The number of benzene rings is 1. The number of nitrogens with zero attached hydrogens (tertiary/aromatic N) is 1. The Balaban J connectivity index is 0.000000328. The third-order valence-corrected chi connectivity index (χ3v) is 6.35. The molecule has 8 N–H and O–H groups in total. The summed E-state index contributed by atoms with van der Waals surface area (Å²) >= 11 is 11.8. The predicted octanol–water partition coefficient (Wildman–Crippen LogP) is -0.180. The van der Waals surface area contributed by atoms with Crippen molar-refractivity contribution in [1.29, 1.82) is 5.26 Å². The number of carboxylic acid groups (broad SMARTS) is 2. The van der Waals surface area contributed by atoms with Crippen LogP contribution in [-0.2, 0) is 25.7 Å². The first-order valence-electron chi connectivity index (χ1n) is 9.28. The highest BCUT2D eigenvalue weighted by Gasteiger charge is 2.82. The summed E-state index contributed by atoms with van der Waals surface area (Å²) in [4.78, 5) is 30.8. The molecule has 0 spiro atoms. The molecule has 14 heteroatoms. The van der Waals surface area contributed by atoms with Gasteiger partial charge in [0.15, 0.2) is 17.9 Å². The molecule has 2 fully saturated rings. The Labute approximate surface area is 196 Å². The molecule has 2 aliphatic rings. The maximum Gasteiger partial charge on any atom is 0.335 e. The Morgan fingerprint density at radius 3 is 2.18 bits per heavy atom. The van der Waals surface area contributed by atoms with E-state index in [9.17, 15) is 24.0 Å². The predicted molar refractivity (Wildman–Crippen MR) is 109 cm³/mol. The van der Waals surface area contributed by atoms with Crippen LogP contribution in [0.4, 0.5) is 4.39 Å². The molecular weight excluding hydrogens is 488 g/mol. The van der Waals surface area contributed by atoms with Crippen LogP contribution >= 0.6 is 23.2 Å². The lowest BCUT2D eigenvalue weighted by molar-refractivity contribution is -0.165. The number of carbonyl (C=O) groups excluding carboxylic acids is 1. The molecule has 1 amide bonds. The van der Waals surface area contributed by atoms with E-state index in [1.165, 1.54) is 0 Å². The fraction of sp³-hybridized carbons (Fsp3) is 0.474. The van der Waals surface area contributed by atoms with E-state index in [-0.39, 0.29) is 13.0 Å². The highest BCUT2D eigenvalue weighted by molar-refractivity contribution is 6.42. The lowest BCUT2D eigenvalue weighted by Gasteiger charge is -2.29. The minimum atomic E-state index is -2.27. The fourth-order valence-electron chi connectivity index (χ4n) is 3.82. The zero-order chi connectivity index (χ0) is 25.3. The van der Waals surface area contributed by atoms with Gasteiger partial charge in [-0.05, 0) is 24.1 Å². The number of nitriles is 1. The van der Waals surface area contributed by atoms with E-state index in [4.69, 9.17) is 59.8 Å². The normalized spacial score (nSPS) is 31.2. The monoisotopic (exact) mass is 507 g/mol. The molecule has 180 valence electrons. The Kier molecular flexibility index (Phi) is 7.90. The number of ether oxygens (including phenoxy) is 1. The number of halogens is 3. The second-order valence-electron chi connectivity index (χ2n) is 7.61. The van der Waals surface area contributed by atoms with Gasteiger partial charge in [-0.1, -0.05) is 29.3 Å². The zero-order valence-electron chi connectivity index (χ0n) is 16.7. The number of aliphatic carboxylic acids is 2. The van der Waals surface area contributed by atoms with Crippen molar-refractivity contribution in [2.24, 2.45) is 23.3 Å². The first-order chi connectivity index (χ1) is 15.2. The second-order valence-corrected chi connectivity index (χ2v) is 8.43. The largest absolute Gasteiger partial charge is 0.479 e. The van der Waals surface area contributed by atoms with E-state index in [1.54, 1.807) is 18.2 Å². The zero-order valence-corrected chi connectivity index (χ0v) is 18.2. The molecule has 1 aromatic rings. The minimum Gasteiger partial charge on any atom is -0.479 e. The van der Waals surface area contributed by atoms with Crippen molar-refractivity contribution in [1.82, 2.24) is 0 Å². The van der Waals surface area contributed by atoms with E-state index in [2.05, 4.69) is 0 Å². The molecule has 0 unspecified atom stereocenters. The van der Waals surface area contributed by atoms with E-state index in [0.717, 1.165) is 5.56 Å². The van der Waals surface area contributed by atoms with E-state index < -0.39 is 59.2 Å². The topological polar surface area (TPSA) is 217 Å². The first kappa shape index (κ1) is 26.7. The molecule has 0 radical (unpaired) electrons. The number of nitrogens with two attached hydrogens (primary N) is 2. The molecular formula is C19H20Cl2FN3O8. The van der Waals surface area contributed by atoms with Gasteiger partial charge in [0.05, 0.1) is 28.8 Å². The first-order valence-corrected chi connectivity index (χ1v) is 10.0. The van der Waals surface area contributed by atoms with Crippen LogP contribution in [0, 0.1) is 23.2 Å². The van der Waals surface area contributed by atoms with Crippen LogP contribution in [0.1, 0.15) is 12.0 Å². The van der Waals surface area contributed by atoms with Gasteiger partial charge >= 0.3 is 11.9 Å². The number of hydrogen-bond donors (Lipinski definition) is 6. The van der Waals surface area contributed by atoms with Crippen LogP contribution in [-0.4, -0.2) is 67.8 Å². The van der Waals surface area contributed by atoms with Gasteiger partial charge in [-0.25, -0.2) is 14.0 Å². The van der Waals surface area contributed by atoms with Gasteiger partial charge < -0.3 is 36.6 Å². The van der Waals surface area contributed by atoms with E-state index >= 15 is 0 Å². The van der Waals surface area contributed by atoms with Crippen molar-refractivity contribution in [3.05, 3.63) is 33.8 Å². The molecule has 7 atom stereocenters. The van der Waals surface area contributed by atoms with Crippen LogP contribution in [0.2, 0.25) is 10.0 Å². The molecule has 0 aromatic heterocycles. The Morgan fingerprint density at radius 1 is 1.21 bits per heavy atom. The molecule has 0 saturated heterocycles. The Hall–Kier alpha value is -2.53. The number of carbonyl (C=O) groups is 3. The smallest absolute Gasteiger partial charge is 0.335 e. The number of rotatable bonds is 7. The average Bonchev–Trinajstić information content (AvgIpc) is 3.24. The molecule has 2 saturated carbocycles. The van der Waals surface area contributed by atoms with Gasteiger partial charge in [-0.15, -0.1) is 0 Å². The van der Waals surface area contributed by atoms with Crippen LogP contribution < -0.4 is 11.5 Å². The maximum absolute atomic E-state index is 14.5. The third kappa shape index (κ3) is 5.03. The highest BCUT2D eigenvalue weighted by atomic mass is 35.5. The number of alkyl halides is 1. The van der Waals surface area contributed by atoms with Crippen LogP contribution in [0.15, 0.2) is 18.2 Å². The number of amides is 1. The SMILES string of the molecule is N#C[C@@]1(N)[C@H]2[C@@H](C[C@H]1OCc1ccc(Cl)c(Cl)c1)[C@]2(F)C(N)=O.O=C(O)[C@H](O)[C@@H](O)C(=O)O. The highest BCUT2D eigenvalue weighted by Crippen LogP contribution is 2.66. The fourth-order valence-corrected chi connectivity index (χ4v) is 4.14. The maximum atomic E-state index is 14.5. The lowest BCUT2D eigenvalue weighted by atomic mass is 9.89. The number of carboxylic acids is 2. The van der Waals surface area contributed by atoms with Gasteiger partial charge in [0, 0.05) is 11.8 Å². The van der Waals surface area contributed by atoms with Crippen molar-refractivity contribution in [2.45, 2.75) is 42.5 Å². The summed E-state index contributed by atoms with van der Waals surface area (Å²) in [5.74, 6) is -6.19. The van der Waals surface area contributed by atoms with E-state index in [0.29, 0.717) is 10.0 Å². The summed E-state index contributed by atoms with van der Waals surface area (Å²) < 4.78 is 20.2. The molecule has 1 aromatic carbocycles. The van der Waals surface area contributed by atoms with Gasteiger partial charge in [0.25, 0.3) is 5.91 Å². The van der Waals surface area contributed by atoms with E-state index in [1.807, 2.05) is 6.07 Å². The van der Waals surface area contributed by atoms with Crippen LogP contribution in [0.25, 0.3) is 0 Å². The number of aliphatic hydroxyl groups is 2. The lowest BCUT2D eigenvalue weighted by Crippen LogP contribution is -2.54. The average molecular weight is 508 g/mol. The third-order valence-electron chi connectivity index (χ3n) is 5.61. The molecule has 0 aliphatic heterocycles. The van der Waals surface area contributed by atoms with Crippen LogP contribution in [0.3, 0.4) is 0 Å². The van der Waals surface area contributed by atoms with Crippen molar-refractivity contribution >= 4 is 41.0 Å². The van der Waals surface area contributed by atoms with Gasteiger partial charge in [0.2, 0.25) is 0 Å². The summed E-state index contributed by atoms with van der Waals surface area (Å²) in [7, 11) is 0. The van der Waals surface area contributed by atoms with Gasteiger partial charge in [0.1, 0.15) is 5.54 Å². The van der Waals surface area contributed by atoms with Crippen molar-refractivity contribution in [3.8, 4) is 6.07 Å². The summed E-state index contributed by atoms with van der Waals surface area (Å²) in [6, 6.07) is 6.92. The standard InChI is InChI=1S/C15H14Cl2FN3O2.C4H6O6/c16-9-2-1-7(3-10(9)17)5-23-11-4-8-12(14(11,21)6-19)15(8,18)13(20)22;5-1(3(7)8)2(6)4(9)10/h1-3,8,11-12H,4-5,21H2,(H2,20,22);1-2,5-6H,(H,7,8)(H,9,10)/t8-,11-,12-,14+,15-;1-,2-/m11/s1. The number of primary amides is 1. The van der Waals surface area contributed by atoms with Gasteiger partial charge in [-0.2, -0.15) is 5.26 Å². The van der Waals surface area contributed by atoms with Crippen molar-refractivity contribution in [2.75, 3.05) is 0 Å². The minimum absolute atomic E-state index is 0.150. The molecule has 33 heavy (non-hydrogen) atoms. The Morgan fingerprint density at radius 2 is 1.76 bits per heavy atom. The molecule has 2 aliphatic carbocycles. The summed E-state index contributed by atoms with van der Waals surface area (Å²) in [5, 5.41) is 42.7. The summed E-state index contributed by atoms with van der Waals surface area (Å²) in [6.07, 6.45) is -5.04. The summed E-state index contributed by atoms with van der Waals surface area (Å²) in [5.41, 5.74) is 8.10. The quantitative estimate of drug-likeness (QED) is 0.285. The molecule has 0 bridgehead atoms. The van der Waals surface area contributed by atoms with Crippen molar-refractivity contribution in [3.63, 3.8) is 0 Å². The van der Waals surface area contributed by atoms with Crippen molar-refractivity contribution < 1.29 is 43.9 Å². The molecule has 11 nitrogen and oxygen atoms in total. The summed E-state index contributed by atoms with van der Waals surface area (Å²) in [6.45, 7) is 0.150. The number of fused-ring (bicyclic) bond motifs is 1. The second kappa shape index (κ2) is 9.76. The number of hydrogen-bond acceptors (Lipinski definition) is 8. The molecule has 0 heterocycles. The van der Waals surface area contributed by atoms with Crippen LogP contribution in [0.5, 0.6) is 0 Å².